The third-order valence-corrected chi connectivity index (χ3v) is 6.87. The number of piperazine rings is 1. The maximum absolute atomic E-state index is 13.9. The number of amides is 2. The number of benzene rings is 2. The first-order valence-corrected chi connectivity index (χ1v) is 11.8. The minimum Gasteiger partial charge on any atom is -0.339 e. The monoisotopic (exact) mass is 475 g/mol. The molecule has 5 rings (SSSR count). The van der Waals surface area contributed by atoms with E-state index in [9.17, 15) is 14.0 Å². The van der Waals surface area contributed by atoms with Gasteiger partial charge in [0.1, 0.15) is 5.82 Å². The van der Waals surface area contributed by atoms with Crippen LogP contribution in [0.15, 0.2) is 67.0 Å². The summed E-state index contributed by atoms with van der Waals surface area (Å²) < 4.78 is 14.6. The lowest BCUT2D eigenvalue weighted by atomic mass is 10.1. The van der Waals surface area contributed by atoms with Gasteiger partial charge >= 0.3 is 0 Å². The van der Waals surface area contributed by atoms with Crippen molar-refractivity contribution in [2.24, 2.45) is 0 Å². The number of fused-ring (bicyclic) bond motifs is 1. The molecule has 4 aromatic rings. The zero-order valence-electron chi connectivity index (χ0n) is 18.3. The summed E-state index contributed by atoms with van der Waals surface area (Å²) in [5.74, 6) is 0.132. The lowest BCUT2D eigenvalue weighted by molar-refractivity contribution is -0.130. The van der Waals surface area contributed by atoms with E-state index in [1.54, 1.807) is 48.8 Å². The van der Waals surface area contributed by atoms with Gasteiger partial charge in [0.15, 0.2) is 0 Å². The van der Waals surface area contributed by atoms with Gasteiger partial charge in [-0.3, -0.25) is 9.59 Å². The van der Waals surface area contributed by atoms with E-state index in [2.05, 4.69) is 20.2 Å². The van der Waals surface area contributed by atoms with Crippen LogP contribution in [-0.2, 0) is 11.2 Å². The molecule has 2 aromatic heterocycles. The number of carbonyl (C=O) groups is 2. The van der Waals surface area contributed by atoms with Crippen molar-refractivity contribution in [2.75, 3.05) is 36.4 Å². The number of carbonyl (C=O) groups excluding carboxylic acids is 2. The molecule has 0 spiro atoms. The quantitative estimate of drug-likeness (QED) is 0.473. The van der Waals surface area contributed by atoms with E-state index in [1.807, 2.05) is 17.0 Å². The largest absolute Gasteiger partial charge is 0.339 e. The van der Waals surface area contributed by atoms with Gasteiger partial charge in [-0.25, -0.2) is 14.4 Å². The number of rotatable bonds is 5. The van der Waals surface area contributed by atoms with Crippen LogP contribution in [0.2, 0.25) is 0 Å². The van der Waals surface area contributed by atoms with Crippen molar-refractivity contribution in [1.82, 2.24) is 14.9 Å². The Morgan fingerprint density at radius 3 is 2.41 bits per heavy atom. The highest BCUT2D eigenvalue weighted by Crippen LogP contribution is 2.28. The fourth-order valence-corrected chi connectivity index (χ4v) is 4.90. The number of nitrogens with zero attached hydrogens (tertiary/aromatic N) is 4. The van der Waals surface area contributed by atoms with E-state index in [0.717, 1.165) is 10.3 Å². The number of aromatic nitrogens is 2. The molecule has 7 nitrogen and oxygen atoms in total. The van der Waals surface area contributed by atoms with Crippen molar-refractivity contribution in [3.05, 3.63) is 83.2 Å². The molecule has 1 fully saturated rings. The Balaban J connectivity index is 1.15. The van der Waals surface area contributed by atoms with Gasteiger partial charge in [-0.1, -0.05) is 18.2 Å². The third-order valence-electron chi connectivity index (χ3n) is 5.77. The van der Waals surface area contributed by atoms with E-state index >= 15 is 0 Å². The Bertz CT molecular complexity index is 1320. The van der Waals surface area contributed by atoms with Crippen LogP contribution in [0, 0.1) is 5.82 Å². The molecular formula is C25H22FN5O2S. The van der Waals surface area contributed by atoms with Crippen LogP contribution in [0.4, 0.5) is 16.0 Å². The highest BCUT2D eigenvalue weighted by atomic mass is 32.1. The van der Waals surface area contributed by atoms with E-state index in [0.29, 0.717) is 54.5 Å². The SMILES string of the molecule is O=C(Nc1ccc(CC(=O)N2CCN(c3ncccn3)CC2)cc1)c1cc2c(F)cccc2s1. The summed E-state index contributed by atoms with van der Waals surface area (Å²) >= 11 is 1.25. The maximum Gasteiger partial charge on any atom is 0.265 e. The minimum atomic E-state index is -0.336. The second kappa shape index (κ2) is 9.56. The highest BCUT2D eigenvalue weighted by molar-refractivity contribution is 7.20. The maximum atomic E-state index is 13.9. The van der Waals surface area contributed by atoms with E-state index in [4.69, 9.17) is 0 Å². The first kappa shape index (κ1) is 22.0. The second-order valence-corrected chi connectivity index (χ2v) is 9.09. The number of hydrogen-bond acceptors (Lipinski definition) is 6. The molecule has 0 radical (unpaired) electrons. The molecule has 1 N–H and O–H groups in total. The smallest absolute Gasteiger partial charge is 0.265 e. The number of anilines is 2. The second-order valence-electron chi connectivity index (χ2n) is 8.01. The molecular weight excluding hydrogens is 453 g/mol. The van der Waals surface area contributed by atoms with Crippen molar-refractivity contribution in [3.8, 4) is 0 Å². The van der Waals surface area contributed by atoms with Gasteiger partial charge in [-0.05, 0) is 42.0 Å². The van der Waals surface area contributed by atoms with Gasteiger partial charge in [0, 0.05) is 54.3 Å². The number of hydrogen-bond donors (Lipinski definition) is 1. The van der Waals surface area contributed by atoms with E-state index in [1.165, 1.54) is 17.4 Å². The number of halogens is 1. The molecule has 3 heterocycles. The highest BCUT2D eigenvalue weighted by Gasteiger charge is 2.22. The third kappa shape index (κ3) is 4.74. The normalized spacial score (nSPS) is 13.8. The van der Waals surface area contributed by atoms with Crippen LogP contribution < -0.4 is 10.2 Å². The molecule has 0 unspecified atom stereocenters. The lowest BCUT2D eigenvalue weighted by Gasteiger charge is -2.34. The van der Waals surface area contributed by atoms with Gasteiger partial charge in [0.25, 0.3) is 5.91 Å². The first-order valence-electron chi connectivity index (χ1n) is 10.9. The fourth-order valence-electron chi connectivity index (χ4n) is 3.93. The van der Waals surface area contributed by atoms with Crippen LogP contribution >= 0.6 is 11.3 Å². The number of nitrogens with one attached hydrogen (secondary N) is 1. The molecule has 1 aliphatic rings. The van der Waals surface area contributed by atoms with Gasteiger partial charge in [-0.2, -0.15) is 0 Å². The van der Waals surface area contributed by atoms with E-state index < -0.39 is 0 Å². The first-order chi connectivity index (χ1) is 16.6. The average molecular weight is 476 g/mol. The predicted molar refractivity (Wildman–Crippen MR) is 131 cm³/mol. The zero-order valence-corrected chi connectivity index (χ0v) is 19.1. The average Bonchev–Trinajstić information content (AvgIpc) is 3.32. The molecule has 172 valence electrons. The van der Waals surface area contributed by atoms with Gasteiger partial charge < -0.3 is 15.1 Å². The number of thiophene rings is 1. The van der Waals surface area contributed by atoms with Gasteiger partial charge in [0.05, 0.1) is 11.3 Å². The zero-order chi connectivity index (χ0) is 23.5. The van der Waals surface area contributed by atoms with Crippen molar-refractivity contribution in [1.29, 1.82) is 0 Å². The molecule has 1 aliphatic heterocycles. The molecule has 34 heavy (non-hydrogen) atoms. The summed E-state index contributed by atoms with van der Waals surface area (Å²) in [7, 11) is 0. The Kier molecular flexibility index (Phi) is 6.18. The van der Waals surface area contributed by atoms with Crippen molar-refractivity contribution in [3.63, 3.8) is 0 Å². The summed E-state index contributed by atoms with van der Waals surface area (Å²) in [6.45, 7) is 2.65. The van der Waals surface area contributed by atoms with Gasteiger partial charge in [-0.15, -0.1) is 11.3 Å². The lowest BCUT2D eigenvalue weighted by Crippen LogP contribution is -2.49. The van der Waals surface area contributed by atoms with Crippen LogP contribution in [-0.4, -0.2) is 52.9 Å². The molecule has 0 bridgehead atoms. The minimum absolute atomic E-state index is 0.0673. The molecule has 2 aromatic carbocycles. The van der Waals surface area contributed by atoms with Crippen LogP contribution in [0.1, 0.15) is 15.2 Å². The topological polar surface area (TPSA) is 78.4 Å². The van der Waals surface area contributed by atoms with Crippen LogP contribution in [0.5, 0.6) is 0 Å². The Morgan fingerprint density at radius 1 is 0.971 bits per heavy atom. The molecule has 0 aliphatic carbocycles. The van der Waals surface area contributed by atoms with Crippen molar-refractivity contribution >= 4 is 44.9 Å². The molecule has 0 atom stereocenters. The molecule has 1 saturated heterocycles. The Hall–Kier alpha value is -3.85. The van der Waals surface area contributed by atoms with E-state index in [-0.39, 0.29) is 17.6 Å². The molecule has 0 saturated carbocycles. The molecule has 2 amide bonds. The summed E-state index contributed by atoms with van der Waals surface area (Å²) in [6, 6.07) is 15.4. The fraction of sp³-hybridized carbons (Fsp3) is 0.200. The standard InChI is InChI=1S/C25H22FN5O2S/c26-20-3-1-4-21-19(20)16-22(34-21)24(33)29-18-7-5-17(6-8-18)15-23(32)30-11-13-31(14-12-30)25-27-9-2-10-28-25/h1-10,16H,11-15H2,(H,29,33). The summed E-state index contributed by atoms with van der Waals surface area (Å²) in [5.41, 5.74) is 1.50. The van der Waals surface area contributed by atoms with Crippen LogP contribution in [0.3, 0.4) is 0 Å². The summed E-state index contributed by atoms with van der Waals surface area (Å²) in [5, 5.41) is 3.29. The predicted octanol–water partition coefficient (Wildman–Crippen LogP) is 3.97. The van der Waals surface area contributed by atoms with Crippen molar-refractivity contribution < 1.29 is 14.0 Å². The molecule has 9 heteroatoms. The van der Waals surface area contributed by atoms with Crippen LogP contribution in [0.25, 0.3) is 10.1 Å². The summed E-state index contributed by atoms with van der Waals surface area (Å²) in [6.07, 6.45) is 3.73. The Morgan fingerprint density at radius 2 is 1.71 bits per heavy atom. The summed E-state index contributed by atoms with van der Waals surface area (Å²) in [4.78, 5) is 38.3. The Labute approximate surface area is 199 Å². The van der Waals surface area contributed by atoms with Crippen molar-refractivity contribution in [2.45, 2.75) is 6.42 Å². The van der Waals surface area contributed by atoms with Gasteiger partial charge in [0.2, 0.25) is 11.9 Å².